The van der Waals surface area contributed by atoms with Gasteiger partial charge in [0.15, 0.2) is 0 Å². The Labute approximate surface area is 123 Å². The molecule has 1 aliphatic carbocycles. The molecular formula is C14H12N4O2S. The molecule has 1 aliphatic rings. The van der Waals surface area contributed by atoms with E-state index in [9.17, 15) is 9.59 Å². The fourth-order valence-electron chi connectivity index (χ4n) is 2.83. The molecule has 106 valence electrons. The molecule has 0 spiro atoms. The van der Waals surface area contributed by atoms with Crippen LogP contribution in [-0.4, -0.2) is 20.4 Å². The third-order valence-electron chi connectivity index (χ3n) is 3.79. The average Bonchev–Trinajstić information content (AvgIpc) is 3.02. The van der Waals surface area contributed by atoms with Crippen molar-refractivity contribution in [2.45, 2.75) is 25.8 Å². The van der Waals surface area contributed by atoms with E-state index >= 15 is 0 Å². The van der Waals surface area contributed by atoms with Crippen LogP contribution in [0.4, 0.5) is 0 Å². The summed E-state index contributed by atoms with van der Waals surface area (Å²) in [7, 11) is 0. The molecule has 3 heterocycles. The van der Waals surface area contributed by atoms with Crippen LogP contribution < -0.4 is 11.3 Å². The summed E-state index contributed by atoms with van der Waals surface area (Å²) in [4.78, 5) is 33.2. The number of fused-ring (bicyclic) bond motifs is 4. The number of aryl methyl sites for hydroxylation is 2. The number of amides is 1. The van der Waals surface area contributed by atoms with Gasteiger partial charge in [-0.3, -0.25) is 14.2 Å². The summed E-state index contributed by atoms with van der Waals surface area (Å²) in [5.41, 5.74) is 7.96. The highest BCUT2D eigenvalue weighted by Crippen LogP contribution is 2.32. The van der Waals surface area contributed by atoms with Gasteiger partial charge in [0.2, 0.25) is 5.91 Å². The number of primary amides is 1. The zero-order valence-corrected chi connectivity index (χ0v) is 11.9. The molecule has 3 aromatic heterocycles. The predicted molar refractivity (Wildman–Crippen MR) is 80.4 cm³/mol. The van der Waals surface area contributed by atoms with Gasteiger partial charge >= 0.3 is 0 Å². The number of thiophene rings is 1. The number of pyridine rings is 1. The van der Waals surface area contributed by atoms with Gasteiger partial charge in [0.25, 0.3) is 5.56 Å². The topological polar surface area (TPSA) is 90.9 Å². The third-order valence-corrected chi connectivity index (χ3v) is 4.87. The number of nitrogens with zero attached hydrogens (tertiary/aromatic N) is 3. The summed E-state index contributed by atoms with van der Waals surface area (Å²) in [6.45, 7) is -0.153. The van der Waals surface area contributed by atoms with E-state index in [1.54, 1.807) is 0 Å². The highest BCUT2D eigenvalue weighted by molar-refractivity contribution is 7.25. The van der Waals surface area contributed by atoms with E-state index in [1.807, 2.05) is 0 Å². The van der Waals surface area contributed by atoms with Gasteiger partial charge in [0.05, 0.1) is 11.8 Å². The number of hydrogen-bond donors (Lipinski definition) is 1. The quantitative estimate of drug-likeness (QED) is 0.763. The van der Waals surface area contributed by atoms with Crippen molar-refractivity contribution in [2.75, 3.05) is 0 Å². The van der Waals surface area contributed by atoms with Gasteiger partial charge in [-0.25, -0.2) is 9.97 Å². The molecule has 3 aromatic rings. The normalized spacial score (nSPS) is 13.9. The number of carbonyl (C=O) groups excluding carboxylic acids is 1. The summed E-state index contributed by atoms with van der Waals surface area (Å²) in [6.07, 6.45) is 4.55. The van der Waals surface area contributed by atoms with Gasteiger partial charge in [-0.1, -0.05) is 0 Å². The first-order valence-corrected chi connectivity index (χ1v) is 7.54. The van der Waals surface area contributed by atoms with Crippen LogP contribution in [0, 0.1) is 0 Å². The molecule has 6 nitrogen and oxygen atoms in total. The Balaban J connectivity index is 2.01. The maximum absolute atomic E-state index is 12.4. The van der Waals surface area contributed by atoms with Crippen LogP contribution in [0.3, 0.4) is 0 Å². The minimum Gasteiger partial charge on any atom is -0.368 e. The Morgan fingerprint density at radius 3 is 3.10 bits per heavy atom. The molecule has 0 aromatic carbocycles. The van der Waals surface area contributed by atoms with Crippen molar-refractivity contribution in [3.63, 3.8) is 0 Å². The number of hydrogen-bond acceptors (Lipinski definition) is 5. The van der Waals surface area contributed by atoms with Gasteiger partial charge in [-0.2, -0.15) is 0 Å². The Morgan fingerprint density at radius 1 is 1.43 bits per heavy atom. The Morgan fingerprint density at radius 2 is 2.29 bits per heavy atom. The lowest BCUT2D eigenvalue weighted by atomic mass is 10.2. The maximum Gasteiger partial charge on any atom is 0.271 e. The van der Waals surface area contributed by atoms with Crippen LogP contribution in [-0.2, 0) is 24.2 Å². The largest absolute Gasteiger partial charge is 0.368 e. The average molecular weight is 300 g/mol. The number of rotatable bonds is 2. The molecule has 0 saturated heterocycles. The molecule has 0 saturated carbocycles. The number of aromatic nitrogens is 3. The van der Waals surface area contributed by atoms with Gasteiger partial charge in [-0.05, 0) is 30.9 Å². The van der Waals surface area contributed by atoms with Crippen molar-refractivity contribution in [2.24, 2.45) is 5.73 Å². The van der Waals surface area contributed by atoms with Crippen LogP contribution >= 0.6 is 11.3 Å². The minimum absolute atomic E-state index is 0.153. The van der Waals surface area contributed by atoms with E-state index in [0.29, 0.717) is 10.2 Å². The van der Waals surface area contributed by atoms with Gasteiger partial charge in [0, 0.05) is 11.1 Å². The number of nitrogens with two attached hydrogens (primary N) is 1. The minimum atomic E-state index is -0.559. The molecule has 0 radical (unpaired) electrons. The second-order valence-electron chi connectivity index (χ2n) is 5.22. The van der Waals surface area contributed by atoms with Crippen molar-refractivity contribution in [3.05, 3.63) is 34.0 Å². The summed E-state index contributed by atoms with van der Waals surface area (Å²) in [5, 5.41) is 0.930. The molecule has 0 fully saturated rings. The maximum atomic E-state index is 12.4. The van der Waals surface area contributed by atoms with E-state index in [4.69, 9.17) is 5.73 Å². The Hall–Kier alpha value is -2.28. The van der Waals surface area contributed by atoms with Gasteiger partial charge in [0.1, 0.15) is 16.1 Å². The lowest BCUT2D eigenvalue weighted by Crippen LogP contribution is -2.27. The van der Waals surface area contributed by atoms with E-state index < -0.39 is 5.91 Å². The van der Waals surface area contributed by atoms with E-state index in [2.05, 4.69) is 16.0 Å². The van der Waals surface area contributed by atoms with Crippen LogP contribution in [0.2, 0.25) is 0 Å². The summed E-state index contributed by atoms with van der Waals surface area (Å²) < 4.78 is 1.78. The van der Waals surface area contributed by atoms with Crippen LogP contribution in [0.25, 0.3) is 20.4 Å². The molecule has 0 bridgehead atoms. The zero-order chi connectivity index (χ0) is 14.6. The molecule has 7 heteroatoms. The van der Waals surface area contributed by atoms with Crippen molar-refractivity contribution in [1.82, 2.24) is 14.5 Å². The van der Waals surface area contributed by atoms with Crippen LogP contribution in [0.1, 0.15) is 17.7 Å². The fourth-order valence-corrected chi connectivity index (χ4v) is 3.91. The molecule has 1 amide bonds. The summed E-state index contributed by atoms with van der Waals surface area (Å²) >= 11 is 1.34. The lowest BCUT2D eigenvalue weighted by molar-refractivity contribution is -0.118. The van der Waals surface area contributed by atoms with Crippen molar-refractivity contribution in [3.8, 4) is 0 Å². The molecule has 0 unspecified atom stereocenters. The van der Waals surface area contributed by atoms with E-state index in [-0.39, 0.29) is 12.1 Å². The lowest BCUT2D eigenvalue weighted by Gasteiger charge is -2.01. The number of carbonyl (C=O) groups is 1. The monoisotopic (exact) mass is 300 g/mol. The smallest absolute Gasteiger partial charge is 0.271 e. The zero-order valence-electron chi connectivity index (χ0n) is 11.1. The SMILES string of the molecule is NC(=O)Cn1cnc2c(sc3nc4c(cc32)CCC4)c1=O. The Bertz CT molecular complexity index is 957. The van der Waals surface area contributed by atoms with Crippen molar-refractivity contribution in [1.29, 1.82) is 0 Å². The first-order valence-electron chi connectivity index (χ1n) is 6.72. The molecule has 4 rings (SSSR count). The van der Waals surface area contributed by atoms with Crippen molar-refractivity contribution < 1.29 is 4.79 Å². The van der Waals surface area contributed by atoms with Crippen LogP contribution in [0.15, 0.2) is 17.2 Å². The molecule has 21 heavy (non-hydrogen) atoms. The van der Waals surface area contributed by atoms with Crippen LogP contribution in [0.5, 0.6) is 0 Å². The fraction of sp³-hybridized carbons (Fsp3) is 0.286. The molecule has 0 aliphatic heterocycles. The summed E-state index contributed by atoms with van der Waals surface area (Å²) in [6, 6.07) is 2.11. The van der Waals surface area contributed by atoms with Crippen molar-refractivity contribution >= 4 is 37.7 Å². The van der Waals surface area contributed by atoms with Gasteiger partial charge < -0.3 is 5.73 Å². The third kappa shape index (κ3) is 1.84. The predicted octanol–water partition coefficient (Wildman–Crippen LogP) is 0.980. The molecule has 2 N–H and O–H groups in total. The highest BCUT2D eigenvalue weighted by atomic mass is 32.1. The molecule has 0 atom stereocenters. The highest BCUT2D eigenvalue weighted by Gasteiger charge is 2.18. The van der Waals surface area contributed by atoms with Gasteiger partial charge in [-0.15, -0.1) is 11.3 Å². The second kappa shape index (κ2) is 4.36. The second-order valence-corrected chi connectivity index (χ2v) is 6.22. The first-order chi connectivity index (χ1) is 10.1. The summed E-state index contributed by atoms with van der Waals surface area (Å²) in [5.74, 6) is -0.559. The van der Waals surface area contributed by atoms with E-state index in [1.165, 1.54) is 27.8 Å². The van der Waals surface area contributed by atoms with E-state index in [0.717, 1.165) is 35.2 Å². The first kappa shape index (κ1) is 12.5. The standard InChI is InChI=1S/C14H12N4O2S/c15-10(19)5-18-6-16-11-8-4-7-2-1-3-9(7)17-13(8)21-12(11)14(18)20/h4,6H,1-3,5H2,(H2,15,19). The molecular weight excluding hydrogens is 288 g/mol. The Kier molecular flexibility index (Phi) is 2.58.